The molecule has 1 aromatic carbocycles. The number of carbonyl (C=O) groups excluding carboxylic acids is 1. The molecule has 1 aliphatic carbocycles. The van der Waals surface area contributed by atoms with Crippen LogP contribution in [0.15, 0.2) is 34.5 Å². The monoisotopic (exact) mass is 314 g/mol. The Labute approximate surface area is 132 Å². The van der Waals surface area contributed by atoms with Crippen LogP contribution in [0.2, 0.25) is 0 Å². The van der Waals surface area contributed by atoms with Crippen molar-refractivity contribution in [2.75, 3.05) is 5.32 Å². The number of thiophene rings is 1. The zero-order chi connectivity index (χ0) is 14.7. The zero-order valence-corrected chi connectivity index (χ0v) is 13.0. The van der Waals surface area contributed by atoms with Gasteiger partial charge in [0.15, 0.2) is 0 Å². The Morgan fingerprint density at radius 1 is 1.24 bits per heavy atom. The molecular weight excluding hydrogens is 300 g/mol. The fourth-order valence-electron chi connectivity index (χ4n) is 2.54. The van der Waals surface area contributed by atoms with Crippen molar-refractivity contribution in [3.05, 3.63) is 45.6 Å². The second-order valence-electron chi connectivity index (χ2n) is 4.93. The summed E-state index contributed by atoms with van der Waals surface area (Å²) in [5.74, 6) is -0.0323. The van der Waals surface area contributed by atoms with Crippen LogP contribution < -0.4 is 5.32 Å². The summed E-state index contributed by atoms with van der Waals surface area (Å²) in [7, 11) is 0. The number of nitriles is 1. The predicted octanol–water partition coefficient (Wildman–Crippen LogP) is 4.45. The smallest absolute Gasteiger partial charge is 0.256 e. The van der Waals surface area contributed by atoms with Gasteiger partial charge in [0, 0.05) is 20.8 Å². The lowest BCUT2D eigenvalue weighted by Gasteiger charge is -2.12. The molecule has 0 saturated carbocycles. The number of amides is 1. The number of fused-ring (bicyclic) bond motifs is 1. The fraction of sp³-hybridized carbons (Fsp3) is 0.250. The number of aryl methyl sites for hydroxylation is 1. The summed E-state index contributed by atoms with van der Waals surface area (Å²) in [6.45, 7) is 0. The van der Waals surface area contributed by atoms with Gasteiger partial charge in [-0.15, -0.1) is 11.3 Å². The molecule has 3 rings (SSSR count). The van der Waals surface area contributed by atoms with Gasteiger partial charge in [0.1, 0.15) is 5.40 Å². The molecule has 2 aromatic rings. The molecule has 21 heavy (non-hydrogen) atoms. The molecule has 0 fully saturated rings. The van der Waals surface area contributed by atoms with Crippen LogP contribution in [0, 0.1) is 10.7 Å². The van der Waals surface area contributed by atoms with Gasteiger partial charge in [0.05, 0.1) is 5.56 Å². The highest BCUT2D eigenvalue weighted by atomic mass is 32.2. The second-order valence-corrected chi connectivity index (χ2v) is 6.75. The SMILES string of the molecule is N#CSc1ccc(NC(=O)c2csc3c2CCCC3)cc1. The first-order chi connectivity index (χ1) is 10.3. The highest BCUT2D eigenvalue weighted by Crippen LogP contribution is 2.30. The van der Waals surface area contributed by atoms with E-state index in [0.29, 0.717) is 0 Å². The van der Waals surface area contributed by atoms with Gasteiger partial charge in [-0.05, 0) is 67.3 Å². The normalized spacial score (nSPS) is 13.3. The van der Waals surface area contributed by atoms with Crippen LogP contribution in [-0.4, -0.2) is 5.91 Å². The average molecular weight is 314 g/mol. The Morgan fingerprint density at radius 2 is 2.00 bits per heavy atom. The highest BCUT2D eigenvalue weighted by molar-refractivity contribution is 8.03. The molecule has 1 N–H and O–H groups in total. The van der Waals surface area contributed by atoms with Gasteiger partial charge >= 0.3 is 0 Å². The van der Waals surface area contributed by atoms with Gasteiger partial charge in [-0.25, -0.2) is 0 Å². The minimum Gasteiger partial charge on any atom is -0.322 e. The number of anilines is 1. The molecule has 1 aliphatic rings. The molecule has 1 aromatic heterocycles. The van der Waals surface area contributed by atoms with E-state index in [4.69, 9.17) is 5.26 Å². The molecule has 106 valence electrons. The van der Waals surface area contributed by atoms with E-state index in [0.717, 1.165) is 40.7 Å². The third kappa shape index (κ3) is 3.12. The van der Waals surface area contributed by atoms with E-state index in [1.807, 2.05) is 35.0 Å². The van der Waals surface area contributed by atoms with Gasteiger partial charge in [-0.2, -0.15) is 5.26 Å². The van der Waals surface area contributed by atoms with Crippen molar-refractivity contribution in [3.63, 3.8) is 0 Å². The molecule has 0 saturated heterocycles. The van der Waals surface area contributed by atoms with E-state index in [9.17, 15) is 4.79 Å². The lowest BCUT2D eigenvalue weighted by Crippen LogP contribution is -2.14. The maximum absolute atomic E-state index is 12.4. The molecule has 1 amide bonds. The summed E-state index contributed by atoms with van der Waals surface area (Å²) in [6, 6.07) is 7.34. The lowest BCUT2D eigenvalue weighted by atomic mass is 9.95. The number of benzene rings is 1. The van der Waals surface area contributed by atoms with Crippen molar-refractivity contribution in [2.24, 2.45) is 0 Å². The number of carbonyl (C=O) groups is 1. The van der Waals surface area contributed by atoms with Gasteiger partial charge in [-0.3, -0.25) is 4.79 Å². The van der Waals surface area contributed by atoms with E-state index in [-0.39, 0.29) is 5.91 Å². The van der Waals surface area contributed by atoms with Crippen LogP contribution in [0.3, 0.4) is 0 Å². The van der Waals surface area contributed by atoms with Crippen LogP contribution in [0.25, 0.3) is 0 Å². The molecule has 0 atom stereocenters. The fourth-order valence-corrected chi connectivity index (χ4v) is 4.05. The molecule has 5 heteroatoms. The van der Waals surface area contributed by atoms with Crippen LogP contribution in [-0.2, 0) is 12.8 Å². The summed E-state index contributed by atoms with van der Waals surface area (Å²) in [4.78, 5) is 14.6. The Balaban J connectivity index is 1.74. The van der Waals surface area contributed by atoms with Crippen molar-refractivity contribution in [1.82, 2.24) is 0 Å². The second kappa shape index (κ2) is 6.33. The Kier molecular flexibility index (Phi) is 4.28. The van der Waals surface area contributed by atoms with Crippen molar-refractivity contribution in [3.8, 4) is 5.40 Å². The first-order valence-electron chi connectivity index (χ1n) is 6.84. The van der Waals surface area contributed by atoms with Crippen LogP contribution in [0.4, 0.5) is 5.69 Å². The Hall–Kier alpha value is -1.77. The number of nitrogens with one attached hydrogen (secondary N) is 1. The predicted molar refractivity (Wildman–Crippen MR) is 86.8 cm³/mol. The van der Waals surface area contributed by atoms with Crippen molar-refractivity contribution >= 4 is 34.7 Å². The van der Waals surface area contributed by atoms with Crippen molar-refractivity contribution in [2.45, 2.75) is 30.6 Å². The molecule has 0 aliphatic heterocycles. The summed E-state index contributed by atoms with van der Waals surface area (Å²) >= 11 is 2.81. The van der Waals surface area contributed by atoms with Crippen LogP contribution in [0.5, 0.6) is 0 Å². The molecule has 0 unspecified atom stereocenters. The van der Waals surface area contributed by atoms with E-state index in [1.54, 1.807) is 11.3 Å². The maximum Gasteiger partial charge on any atom is 0.256 e. The largest absolute Gasteiger partial charge is 0.322 e. The number of hydrogen-bond donors (Lipinski definition) is 1. The highest BCUT2D eigenvalue weighted by Gasteiger charge is 2.20. The topological polar surface area (TPSA) is 52.9 Å². The van der Waals surface area contributed by atoms with Gasteiger partial charge in [-0.1, -0.05) is 0 Å². The first kappa shape index (κ1) is 14.2. The minimum absolute atomic E-state index is 0.0323. The summed E-state index contributed by atoms with van der Waals surface area (Å²) < 4.78 is 0. The maximum atomic E-state index is 12.4. The Morgan fingerprint density at radius 3 is 2.76 bits per heavy atom. The van der Waals surface area contributed by atoms with E-state index < -0.39 is 0 Å². The van der Waals surface area contributed by atoms with Crippen molar-refractivity contribution < 1.29 is 4.79 Å². The van der Waals surface area contributed by atoms with Gasteiger partial charge < -0.3 is 5.32 Å². The molecular formula is C16H14N2OS2. The lowest BCUT2D eigenvalue weighted by molar-refractivity contribution is 0.102. The summed E-state index contributed by atoms with van der Waals surface area (Å²) in [6.07, 6.45) is 4.52. The van der Waals surface area contributed by atoms with E-state index in [1.165, 1.54) is 23.3 Å². The Bertz CT molecular complexity index is 698. The third-order valence-corrected chi connectivity index (χ3v) is 5.27. The molecule has 0 bridgehead atoms. The molecule has 0 radical (unpaired) electrons. The number of rotatable bonds is 3. The summed E-state index contributed by atoms with van der Waals surface area (Å²) in [5.41, 5.74) is 2.82. The average Bonchev–Trinajstić information content (AvgIpc) is 2.93. The number of hydrogen-bond acceptors (Lipinski definition) is 4. The molecule has 1 heterocycles. The minimum atomic E-state index is -0.0323. The van der Waals surface area contributed by atoms with Crippen LogP contribution in [0.1, 0.15) is 33.6 Å². The van der Waals surface area contributed by atoms with E-state index in [2.05, 4.69) is 5.32 Å². The number of thiocyanates is 1. The third-order valence-electron chi connectivity index (χ3n) is 3.58. The van der Waals surface area contributed by atoms with Crippen molar-refractivity contribution in [1.29, 1.82) is 5.26 Å². The van der Waals surface area contributed by atoms with Crippen LogP contribution >= 0.6 is 23.1 Å². The molecule has 0 spiro atoms. The molecule has 3 nitrogen and oxygen atoms in total. The summed E-state index contributed by atoms with van der Waals surface area (Å²) in [5, 5.41) is 15.6. The van der Waals surface area contributed by atoms with E-state index >= 15 is 0 Å². The zero-order valence-electron chi connectivity index (χ0n) is 11.4. The van der Waals surface area contributed by atoms with Gasteiger partial charge in [0.2, 0.25) is 0 Å². The van der Waals surface area contributed by atoms with Gasteiger partial charge in [0.25, 0.3) is 5.91 Å². The number of thioether (sulfide) groups is 1. The standard InChI is InChI=1S/C16H14N2OS2/c17-10-21-12-7-5-11(6-8-12)18-16(19)14-9-20-15-4-2-1-3-13(14)15/h5-9H,1-4H2,(H,18,19). The quantitative estimate of drug-likeness (QED) is 0.672. The number of nitrogens with zero attached hydrogens (tertiary/aromatic N) is 1. The first-order valence-corrected chi connectivity index (χ1v) is 8.54.